The maximum Gasteiger partial charge on any atom is 0.340 e. The number of carbonyl (C=O) groups is 1. The second kappa shape index (κ2) is 6.12. The number of halogens is 1. The second-order valence-corrected chi connectivity index (χ2v) is 5.14. The number of hydrogen-bond donors (Lipinski definition) is 2. The topological polar surface area (TPSA) is 73.6 Å². The molecule has 1 rings (SSSR count). The first kappa shape index (κ1) is 15.6. The second-order valence-electron chi connectivity index (χ2n) is 4.73. The molecule has 6 heteroatoms. The molecular formula is C13H19ClN2O3. The van der Waals surface area contributed by atoms with Crippen LogP contribution in [0.3, 0.4) is 0 Å². The third kappa shape index (κ3) is 4.01. The molecule has 0 saturated carbocycles. The zero-order valence-electron chi connectivity index (χ0n) is 11.5. The number of anilines is 2. The van der Waals surface area contributed by atoms with Crippen molar-refractivity contribution in [3.05, 3.63) is 22.7 Å². The highest BCUT2D eigenvalue weighted by atomic mass is 35.5. The Kier molecular flexibility index (Phi) is 5.03. The molecular weight excluding hydrogens is 268 g/mol. The maximum absolute atomic E-state index is 11.7. The van der Waals surface area contributed by atoms with E-state index in [1.54, 1.807) is 13.2 Å². The molecule has 1 aromatic rings. The van der Waals surface area contributed by atoms with Gasteiger partial charge in [-0.1, -0.05) is 11.6 Å². The van der Waals surface area contributed by atoms with Crippen LogP contribution in [0.25, 0.3) is 0 Å². The van der Waals surface area contributed by atoms with E-state index < -0.39 is 11.6 Å². The smallest absolute Gasteiger partial charge is 0.340 e. The van der Waals surface area contributed by atoms with Crippen LogP contribution in [-0.2, 0) is 9.47 Å². The van der Waals surface area contributed by atoms with Crippen LogP contribution in [0.2, 0.25) is 5.02 Å². The number of ether oxygens (including phenoxy) is 2. The number of nitrogen functional groups attached to an aromatic ring is 1. The lowest BCUT2D eigenvalue weighted by atomic mass is 10.1. The van der Waals surface area contributed by atoms with Crippen LogP contribution < -0.4 is 11.1 Å². The van der Waals surface area contributed by atoms with Gasteiger partial charge in [-0.2, -0.15) is 0 Å². The van der Waals surface area contributed by atoms with E-state index >= 15 is 0 Å². The molecule has 3 N–H and O–H groups in total. The Hall–Kier alpha value is -1.46. The van der Waals surface area contributed by atoms with Crippen LogP contribution >= 0.6 is 11.6 Å². The molecule has 0 aromatic heterocycles. The van der Waals surface area contributed by atoms with E-state index in [9.17, 15) is 4.79 Å². The Morgan fingerprint density at radius 2 is 2.05 bits per heavy atom. The fourth-order valence-corrected chi connectivity index (χ4v) is 1.75. The van der Waals surface area contributed by atoms with Crippen LogP contribution in [0.1, 0.15) is 24.2 Å². The average Bonchev–Trinajstić information content (AvgIpc) is 2.35. The van der Waals surface area contributed by atoms with Crippen molar-refractivity contribution in [1.82, 2.24) is 0 Å². The SMILES string of the molecule is COC(=O)c1cc(N)cc(Cl)c1NCC(C)(C)OC. The predicted molar refractivity (Wildman–Crippen MR) is 76.8 cm³/mol. The normalized spacial score (nSPS) is 11.2. The average molecular weight is 287 g/mol. The van der Waals surface area contributed by atoms with E-state index in [1.165, 1.54) is 13.2 Å². The summed E-state index contributed by atoms with van der Waals surface area (Å²) in [7, 11) is 2.93. The Morgan fingerprint density at radius 3 is 2.58 bits per heavy atom. The molecule has 0 saturated heterocycles. The largest absolute Gasteiger partial charge is 0.465 e. The molecule has 1 aromatic carbocycles. The van der Waals surface area contributed by atoms with Gasteiger partial charge in [0, 0.05) is 19.3 Å². The van der Waals surface area contributed by atoms with Gasteiger partial charge in [0.2, 0.25) is 0 Å². The lowest BCUT2D eigenvalue weighted by molar-refractivity contribution is 0.0343. The van der Waals surface area contributed by atoms with Crippen molar-refractivity contribution in [2.24, 2.45) is 0 Å². The van der Waals surface area contributed by atoms with Gasteiger partial charge in [0.25, 0.3) is 0 Å². The monoisotopic (exact) mass is 286 g/mol. The Bertz CT molecular complexity index is 475. The van der Waals surface area contributed by atoms with Gasteiger partial charge in [-0.15, -0.1) is 0 Å². The summed E-state index contributed by atoms with van der Waals surface area (Å²) < 4.78 is 10.0. The highest BCUT2D eigenvalue weighted by molar-refractivity contribution is 6.34. The van der Waals surface area contributed by atoms with E-state index in [0.717, 1.165) is 0 Å². The lowest BCUT2D eigenvalue weighted by Gasteiger charge is -2.25. The van der Waals surface area contributed by atoms with Gasteiger partial charge < -0.3 is 20.5 Å². The molecule has 0 spiro atoms. The summed E-state index contributed by atoms with van der Waals surface area (Å²) in [5.41, 5.74) is 6.50. The number of benzene rings is 1. The maximum atomic E-state index is 11.7. The molecule has 0 aliphatic carbocycles. The molecule has 0 aliphatic heterocycles. The van der Waals surface area contributed by atoms with Crippen molar-refractivity contribution in [2.45, 2.75) is 19.4 Å². The quantitative estimate of drug-likeness (QED) is 0.643. The highest BCUT2D eigenvalue weighted by Crippen LogP contribution is 2.30. The Balaban J connectivity index is 3.08. The number of carbonyl (C=O) groups excluding carboxylic acids is 1. The molecule has 0 unspecified atom stereocenters. The number of nitrogens with one attached hydrogen (secondary N) is 1. The van der Waals surface area contributed by atoms with E-state index in [0.29, 0.717) is 28.5 Å². The first-order valence-electron chi connectivity index (χ1n) is 5.77. The summed E-state index contributed by atoms with van der Waals surface area (Å²) in [5, 5.41) is 3.47. The zero-order chi connectivity index (χ0) is 14.6. The van der Waals surface area contributed by atoms with Gasteiger partial charge in [0.1, 0.15) is 0 Å². The zero-order valence-corrected chi connectivity index (χ0v) is 12.3. The van der Waals surface area contributed by atoms with E-state index in [4.69, 9.17) is 26.8 Å². The van der Waals surface area contributed by atoms with Crippen LogP contribution in [0.4, 0.5) is 11.4 Å². The predicted octanol–water partition coefficient (Wildman–Crippen LogP) is 2.55. The number of methoxy groups -OCH3 is 2. The summed E-state index contributed by atoms with van der Waals surface area (Å²) in [6.45, 7) is 4.32. The minimum Gasteiger partial charge on any atom is -0.465 e. The highest BCUT2D eigenvalue weighted by Gasteiger charge is 2.20. The van der Waals surface area contributed by atoms with Crippen LogP contribution in [0, 0.1) is 0 Å². The summed E-state index contributed by atoms with van der Waals surface area (Å²) in [6, 6.07) is 3.11. The first-order valence-corrected chi connectivity index (χ1v) is 6.15. The van der Waals surface area contributed by atoms with Gasteiger partial charge in [0.15, 0.2) is 0 Å². The number of nitrogens with two attached hydrogens (primary N) is 1. The molecule has 0 radical (unpaired) electrons. The van der Waals surface area contributed by atoms with E-state index in [2.05, 4.69) is 5.32 Å². The Morgan fingerprint density at radius 1 is 1.42 bits per heavy atom. The molecule has 0 amide bonds. The minimum absolute atomic E-state index is 0.305. The van der Waals surface area contributed by atoms with Crippen LogP contribution in [-0.4, -0.2) is 32.3 Å². The summed E-state index contributed by atoms with van der Waals surface area (Å²) in [5.74, 6) is -0.494. The van der Waals surface area contributed by atoms with Gasteiger partial charge in [-0.25, -0.2) is 4.79 Å². The fourth-order valence-electron chi connectivity index (χ4n) is 1.45. The molecule has 19 heavy (non-hydrogen) atoms. The van der Waals surface area contributed by atoms with E-state index in [-0.39, 0.29) is 0 Å². The minimum atomic E-state index is -0.494. The molecule has 0 heterocycles. The standard InChI is InChI=1S/C13H19ClN2O3/c1-13(2,19-4)7-16-11-9(12(17)18-3)5-8(15)6-10(11)14/h5-6,16H,7,15H2,1-4H3. The Labute approximate surface area is 118 Å². The molecule has 0 bridgehead atoms. The van der Waals surface area contributed by atoms with E-state index in [1.807, 2.05) is 13.8 Å². The number of hydrogen-bond acceptors (Lipinski definition) is 5. The molecule has 0 aliphatic rings. The number of rotatable bonds is 5. The first-order chi connectivity index (χ1) is 8.80. The molecule has 106 valence electrons. The number of esters is 1. The van der Waals surface area contributed by atoms with Crippen molar-refractivity contribution in [3.8, 4) is 0 Å². The third-order valence-corrected chi connectivity index (χ3v) is 3.06. The fraction of sp³-hybridized carbons (Fsp3) is 0.462. The van der Waals surface area contributed by atoms with Crippen LogP contribution in [0.15, 0.2) is 12.1 Å². The molecule has 0 atom stereocenters. The van der Waals surface area contributed by atoms with Gasteiger partial charge in [0.05, 0.1) is 29.0 Å². The van der Waals surface area contributed by atoms with Crippen molar-refractivity contribution in [3.63, 3.8) is 0 Å². The van der Waals surface area contributed by atoms with Crippen molar-refractivity contribution in [1.29, 1.82) is 0 Å². The van der Waals surface area contributed by atoms with Gasteiger partial charge in [-0.3, -0.25) is 0 Å². The summed E-state index contributed by atoms with van der Waals surface area (Å²) in [6.07, 6.45) is 0. The lowest BCUT2D eigenvalue weighted by Crippen LogP contribution is -2.32. The summed E-state index contributed by atoms with van der Waals surface area (Å²) >= 11 is 6.12. The third-order valence-electron chi connectivity index (χ3n) is 2.76. The van der Waals surface area contributed by atoms with Crippen molar-refractivity contribution < 1.29 is 14.3 Å². The van der Waals surface area contributed by atoms with Crippen molar-refractivity contribution >= 4 is 28.9 Å². The molecule has 0 fully saturated rings. The van der Waals surface area contributed by atoms with Crippen molar-refractivity contribution in [2.75, 3.05) is 31.8 Å². The van der Waals surface area contributed by atoms with Crippen LogP contribution in [0.5, 0.6) is 0 Å². The van der Waals surface area contributed by atoms with Gasteiger partial charge in [-0.05, 0) is 26.0 Å². The molecule has 5 nitrogen and oxygen atoms in total. The summed E-state index contributed by atoms with van der Waals surface area (Å²) in [4.78, 5) is 11.7. The van der Waals surface area contributed by atoms with Gasteiger partial charge >= 0.3 is 5.97 Å².